The zero-order chi connectivity index (χ0) is 19.8. The number of alkyl halides is 2. The van der Waals surface area contributed by atoms with Gasteiger partial charge in [0.25, 0.3) is 0 Å². The summed E-state index contributed by atoms with van der Waals surface area (Å²) >= 11 is 0. The molecule has 0 fully saturated rings. The van der Waals surface area contributed by atoms with Crippen LogP contribution < -0.4 is 9.47 Å². The largest absolute Gasteiger partial charge is 0.482 e. The van der Waals surface area contributed by atoms with Gasteiger partial charge in [-0.2, -0.15) is 14.0 Å². The van der Waals surface area contributed by atoms with Crippen molar-refractivity contribution >= 4 is 11.8 Å². The monoisotopic (exact) mass is 375 g/mol. The average Bonchev–Trinajstić information content (AvgIpc) is 2.66. The van der Waals surface area contributed by atoms with Crippen LogP contribution in [-0.4, -0.2) is 31.1 Å². The lowest BCUT2D eigenvalue weighted by atomic mass is 10.1. The summed E-state index contributed by atoms with van der Waals surface area (Å²) in [7, 11) is 0. The number of ether oxygens (including phenoxy) is 3. The molecule has 2 aromatic carbocycles. The van der Waals surface area contributed by atoms with E-state index in [2.05, 4.69) is 4.74 Å². The van der Waals surface area contributed by atoms with E-state index in [-0.39, 0.29) is 11.3 Å². The van der Waals surface area contributed by atoms with Crippen molar-refractivity contribution in [2.45, 2.75) is 19.6 Å². The van der Waals surface area contributed by atoms with Crippen LogP contribution in [0.5, 0.6) is 11.5 Å². The van der Waals surface area contributed by atoms with Crippen molar-refractivity contribution in [2.75, 3.05) is 6.61 Å². The number of ketones is 1. The second kappa shape index (κ2) is 9.29. The minimum Gasteiger partial charge on any atom is -0.482 e. The number of rotatable bonds is 8. The van der Waals surface area contributed by atoms with Crippen LogP contribution >= 0.6 is 0 Å². The molecule has 0 heterocycles. The third kappa shape index (κ3) is 6.08. The van der Waals surface area contributed by atoms with Crippen LogP contribution in [0.1, 0.15) is 22.8 Å². The van der Waals surface area contributed by atoms with Gasteiger partial charge in [-0.25, -0.2) is 4.79 Å². The standard InChI is InChI=1S/C19H15F2NO5/c1-12(18(24)14-4-8-16(9-5-14)27-19(20)21)26-17(23)11-25-15-6-2-13(10-22)3-7-15/h2-9,12,19H,11H2,1H3/t12-/m0/s1. The summed E-state index contributed by atoms with van der Waals surface area (Å²) in [4.78, 5) is 24.0. The highest BCUT2D eigenvalue weighted by Gasteiger charge is 2.20. The van der Waals surface area contributed by atoms with Crippen LogP contribution in [0.4, 0.5) is 8.78 Å². The molecule has 0 aliphatic carbocycles. The van der Waals surface area contributed by atoms with Gasteiger partial charge in [-0.05, 0) is 55.5 Å². The van der Waals surface area contributed by atoms with Crippen molar-refractivity contribution in [3.8, 4) is 17.6 Å². The van der Waals surface area contributed by atoms with Gasteiger partial charge >= 0.3 is 12.6 Å². The third-order valence-corrected chi connectivity index (χ3v) is 3.38. The molecule has 0 unspecified atom stereocenters. The zero-order valence-corrected chi connectivity index (χ0v) is 14.2. The SMILES string of the molecule is C[C@H](OC(=O)COc1ccc(C#N)cc1)C(=O)c1ccc(OC(F)F)cc1. The molecule has 0 spiro atoms. The van der Waals surface area contributed by atoms with Crippen LogP contribution in [0.2, 0.25) is 0 Å². The maximum atomic E-state index is 12.2. The maximum absolute atomic E-state index is 12.2. The molecule has 6 nitrogen and oxygen atoms in total. The fraction of sp³-hybridized carbons (Fsp3) is 0.211. The Balaban J connectivity index is 1.85. The highest BCUT2D eigenvalue weighted by Crippen LogP contribution is 2.17. The van der Waals surface area contributed by atoms with E-state index in [0.717, 1.165) is 0 Å². The molecule has 0 radical (unpaired) electrons. The van der Waals surface area contributed by atoms with Crippen molar-refractivity contribution < 1.29 is 32.6 Å². The van der Waals surface area contributed by atoms with E-state index >= 15 is 0 Å². The molecule has 27 heavy (non-hydrogen) atoms. The molecule has 1 atom stereocenters. The molecule has 0 aliphatic rings. The molecule has 0 saturated carbocycles. The van der Waals surface area contributed by atoms with Gasteiger partial charge in [-0.3, -0.25) is 4.79 Å². The first-order chi connectivity index (χ1) is 12.9. The summed E-state index contributed by atoms with van der Waals surface area (Å²) in [5, 5.41) is 8.71. The van der Waals surface area contributed by atoms with Gasteiger partial charge in [0.15, 0.2) is 12.7 Å². The summed E-state index contributed by atoms with van der Waals surface area (Å²) in [6.07, 6.45) is -1.08. The normalized spacial score (nSPS) is 11.4. The first-order valence-corrected chi connectivity index (χ1v) is 7.80. The van der Waals surface area contributed by atoms with Crippen LogP contribution in [0.3, 0.4) is 0 Å². The van der Waals surface area contributed by atoms with E-state index in [0.29, 0.717) is 11.3 Å². The van der Waals surface area contributed by atoms with Crippen molar-refractivity contribution in [1.29, 1.82) is 5.26 Å². The molecular formula is C19H15F2NO5. The predicted octanol–water partition coefficient (Wildman–Crippen LogP) is 3.35. The topological polar surface area (TPSA) is 85.6 Å². The minimum atomic E-state index is -2.96. The molecule has 0 N–H and O–H groups in total. The molecule has 8 heteroatoms. The summed E-state index contributed by atoms with van der Waals surface area (Å²) in [6.45, 7) is -1.97. The number of esters is 1. The Kier molecular flexibility index (Phi) is 6.83. The van der Waals surface area contributed by atoms with Gasteiger partial charge in [0, 0.05) is 5.56 Å². The first kappa shape index (κ1) is 19.8. The molecule has 0 saturated heterocycles. The lowest BCUT2D eigenvalue weighted by molar-refractivity contribution is -0.148. The highest BCUT2D eigenvalue weighted by atomic mass is 19.3. The number of halogens is 2. The number of hydrogen-bond acceptors (Lipinski definition) is 6. The molecule has 0 bridgehead atoms. The summed E-state index contributed by atoms with van der Waals surface area (Å²) in [6, 6.07) is 13.1. The number of benzene rings is 2. The second-order valence-corrected chi connectivity index (χ2v) is 5.32. The van der Waals surface area contributed by atoms with Gasteiger partial charge < -0.3 is 14.2 Å². The third-order valence-electron chi connectivity index (χ3n) is 3.38. The van der Waals surface area contributed by atoms with Crippen LogP contribution in [0.15, 0.2) is 48.5 Å². The van der Waals surface area contributed by atoms with Crippen molar-refractivity contribution in [3.63, 3.8) is 0 Å². The highest BCUT2D eigenvalue weighted by molar-refractivity contribution is 6.00. The molecule has 0 aromatic heterocycles. The van der Waals surface area contributed by atoms with E-state index in [1.54, 1.807) is 0 Å². The first-order valence-electron chi connectivity index (χ1n) is 7.80. The van der Waals surface area contributed by atoms with E-state index in [9.17, 15) is 18.4 Å². The van der Waals surface area contributed by atoms with Gasteiger partial charge in [-0.15, -0.1) is 0 Å². The smallest absolute Gasteiger partial charge is 0.387 e. The lowest BCUT2D eigenvalue weighted by Gasteiger charge is -2.13. The van der Waals surface area contributed by atoms with Gasteiger partial charge in [0.2, 0.25) is 5.78 Å². The van der Waals surface area contributed by atoms with E-state index in [1.807, 2.05) is 6.07 Å². The fourth-order valence-corrected chi connectivity index (χ4v) is 2.09. The summed E-state index contributed by atoms with van der Waals surface area (Å²) < 4.78 is 38.7. The Hall–Kier alpha value is -3.47. The summed E-state index contributed by atoms with van der Waals surface area (Å²) in [5.41, 5.74) is 0.638. The van der Waals surface area contributed by atoms with E-state index in [1.165, 1.54) is 55.5 Å². The van der Waals surface area contributed by atoms with Crippen LogP contribution in [-0.2, 0) is 9.53 Å². The number of carbonyl (C=O) groups is 2. The second-order valence-electron chi connectivity index (χ2n) is 5.32. The zero-order valence-electron chi connectivity index (χ0n) is 14.2. The molecule has 140 valence electrons. The van der Waals surface area contributed by atoms with Gasteiger partial charge in [0.05, 0.1) is 11.6 Å². The van der Waals surface area contributed by atoms with Crippen molar-refractivity contribution in [1.82, 2.24) is 0 Å². The predicted molar refractivity (Wildman–Crippen MR) is 89.6 cm³/mol. The van der Waals surface area contributed by atoms with Crippen LogP contribution in [0.25, 0.3) is 0 Å². The minimum absolute atomic E-state index is 0.0815. The fourth-order valence-electron chi connectivity index (χ4n) is 2.09. The van der Waals surface area contributed by atoms with E-state index in [4.69, 9.17) is 14.7 Å². The number of nitrogens with zero attached hydrogens (tertiary/aromatic N) is 1. The average molecular weight is 375 g/mol. The molecular weight excluding hydrogens is 360 g/mol. The number of carbonyl (C=O) groups excluding carboxylic acids is 2. The lowest BCUT2D eigenvalue weighted by Crippen LogP contribution is -2.27. The van der Waals surface area contributed by atoms with Crippen LogP contribution in [0, 0.1) is 11.3 Å². The molecule has 2 aromatic rings. The number of Topliss-reactive ketones (excluding diaryl/α,β-unsaturated/α-hetero) is 1. The Morgan fingerprint density at radius 3 is 2.19 bits per heavy atom. The molecule has 0 amide bonds. The molecule has 0 aliphatic heterocycles. The quantitative estimate of drug-likeness (QED) is 0.520. The number of hydrogen-bond donors (Lipinski definition) is 0. The number of nitriles is 1. The Morgan fingerprint density at radius 1 is 1.04 bits per heavy atom. The van der Waals surface area contributed by atoms with Crippen molar-refractivity contribution in [2.24, 2.45) is 0 Å². The van der Waals surface area contributed by atoms with E-state index < -0.39 is 31.1 Å². The Bertz CT molecular complexity index is 829. The maximum Gasteiger partial charge on any atom is 0.387 e. The Morgan fingerprint density at radius 2 is 1.63 bits per heavy atom. The summed E-state index contributed by atoms with van der Waals surface area (Å²) in [5.74, 6) is -0.954. The van der Waals surface area contributed by atoms with Crippen molar-refractivity contribution in [3.05, 3.63) is 59.7 Å². The Labute approximate surface area is 153 Å². The van der Waals surface area contributed by atoms with Gasteiger partial charge in [-0.1, -0.05) is 0 Å². The van der Waals surface area contributed by atoms with Gasteiger partial charge in [0.1, 0.15) is 11.5 Å². The molecule has 2 rings (SSSR count).